The van der Waals surface area contributed by atoms with Crippen molar-refractivity contribution >= 4 is 17.7 Å². The Labute approximate surface area is 114 Å². The molecule has 19 heavy (non-hydrogen) atoms. The van der Waals surface area contributed by atoms with E-state index in [4.69, 9.17) is 9.47 Å². The van der Waals surface area contributed by atoms with Gasteiger partial charge in [-0.25, -0.2) is 4.79 Å². The normalized spacial score (nSPS) is 15.0. The number of carbonyl (C=O) groups excluding carboxylic acids is 3. The predicted molar refractivity (Wildman–Crippen MR) is 70.4 cm³/mol. The van der Waals surface area contributed by atoms with Gasteiger partial charge in [-0.1, -0.05) is 13.5 Å². The summed E-state index contributed by atoms with van der Waals surface area (Å²) in [5.74, 6) is -2.32. The molecule has 2 unspecified atom stereocenters. The van der Waals surface area contributed by atoms with Crippen LogP contribution in [0.25, 0.3) is 0 Å². The van der Waals surface area contributed by atoms with Gasteiger partial charge in [-0.05, 0) is 27.7 Å². The average Bonchev–Trinajstić information content (AvgIpc) is 2.36. The number of carbonyl (C=O) groups is 3. The molecule has 0 aliphatic rings. The quantitative estimate of drug-likeness (QED) is 0.401. The second-order valence-electron chi connectivity index (χ2n) is 4.45. The zero-order valence-electron chi connectivity index (χ0n) is 12.2. The van der Waals surface area contributed by atoms with Crippen LogP contribution in [0.15, 0.2) is 12.2 Å². The molecule has 0 aromatic rings. The standard InChI is InChI=1S/C14H22O5/c1-7-18-12(16)9(3)10(4)14(6,11(5)15)13(17)19-8-2/h10H,3,7-8H2,1-2,4-6H3. The Morgan fingerprint density at radius 1 is 1.16 bits per heavy atom. The summed E-state index contributed by atoms with van der Waals surface area (Å²) in [7, 11) is 0. The van der Waals surface area contributed by atoms with Crippen molar-refractivity contribution in [1.82, 2.24) is 0 Å². The number of Topliss-reactive ketones (excluding diaryl/α,β-unsaturated/α-hetero) is 1. The van der Waals surface area contributed by atoms with Crippen molar-refractivity contribution < 1.29 is 23.9 Å². The third-order valence-corrected chi connectivity index (χ3v) is 3.36. The number of hydrogen-bond acceptors (Lipinski definition) is 5. The van der Waals surface area contributed by atoms with Gasteiger partial charge in [-0.3, -0.25) is 9.59 Å². The van der Waals surface area contributed by atoms with Crippen LogP contribution in [-0.4, -0.2) is 30.9 Å². The number of ketones is 1. The molecule has 0 aromatic heterocycles. The van der Waals surface area contributed by atoms with Crippen LogP contribution in [0.2, 0.25) is 0 Å². The molecule has 0 N–H and O–H groups in total. The molecule has 0 amide bonds. The van der Waals surface area contributed by atoms with E-state index in [-0.39, 0.29) is 24.6 Å². The molecule has 5 heteroatoms. The maximum Gasteiger partial charge on any atom is 0.333 e. The van der Waals surface area contributed by atoms with Crippen molar-refractivity contribution in [3.63, 3.8) is 0 Å². The molecule has 108 valence electrons. The summed E-state index contributed by atoms with van der Waals surface area (Å²) in [5, 5.41) is 0. The van der Waals surface area contributed by atoms with Crippen LogP contribution >= 0.6 is 0 Å². The second-order valence-corrected chi connectivity index (χ2v) is 4.45. The molecular formula is C14H22O5. The highest BCUT2D eigenvalue weighted by Crippen LogP contribution is 2.35. The molecule has 0 aromatic carbocycles. The van der Waals surface area contributed by atoms with Crippen molar-refractivity contribution in [3.05, 3.63) is 12.2 Å². The van der Waals surface area contributed by atoms with Crippen LogP contribution in [0.1, 0.15) is 34.6 Å². The van der Waals surface area contributed by atoms with E-state index >= 15 is 0 Å². The van der Waals surface area contributed by atoms with Gasteiger partial charge in [0.1, 0.15) is 11.2 Å². The topological polar surface area (TPSA) is 69.7 Å². The molecule has 0 saturated carbocycles. The van der Waals surface area contributed by atoms with Crippen molar-refractivity contribution in [2.45, 2.75) is 34.6 Å². The minimum atomic E-state index is -1.43. The van der Waals surface area contributed by atoms with Crippen molar-refractivity contribution in [2.75, 3.05) is 13.2 Å². The van der Waals surface area contributed by atoms with E-state index in [1.807, 2.05) is 0 Å². The molecule has 0 aliphatic heterocycles. The Morgan fingerprint density at radius 2 is 1.63 bits per heavy atom. The van der Waals surface area contributed by atoms with Gasteiger partial charge in [0, 0.05) is 11.5 Å². The van der Waals surface area contributed by atoms with Gasteiger partial charge in [-0.15, -0.1) is 0 Å². The Balaban J connectivity index is 5.30. The molecule has 2 atom stereocenters. The van der Waals surface area contributed by atoms with E-state index in [1.165, 1.54) is 13.8 Å². The zero-order valence-corrected chi connectivity index (χ0v) is 12.2. The summed E-state index contributed by atoms with van der Waals surface area (Å²) in [5.41, 5.74) is -1.34. The van der Waals surface area contributed by atoms with E-state index in [1.54, 1.807) is 20.8 Å². The first-order valence-electron chi connectivity index (χ1n) is 6.27. The van der Waals surface area contributed by atoms with E-state index in [2.05, 4.69) is 6.58 Å². The summed E-state index contributed by atoms with van der Waals surface area (Å²) in [4.78, 5) is 35.5. The number of ether oxygens (including phenoxy) is 2. The van der Waals surface area contributed by atoms with Crippen LogP contribution in [0, 0.1) is 11.3 Å². The van der Waals surface area contributed by atoms with Crippen LogP contribution in [0.3, 0.4) is 0 Å². The summed E-state index contributed by atoms with van der Waals surface area (Å²) in [6.45, 7) is 11.7. The first-order chi connectivity index (χ1) is 8.73. The fraction of sp³-hybridized carbons (Fsp3) is 0.643. The average molecular weight is 270 g/mol. The predicted octanol–water partition coefficient (Wildman–Crippen LogP) is 1.90. The summed E-state index contributed by atoms with van der Waals surface area (Å²) >= 11 is 0. The Hall–Kier alpha value is -1.65. The summed E-state index contributed by atoms with van der Waals surface area (Å²) < 4.78 is 9.76. The van der Waals surface area contributed by atoms with Crippen molar-refractivity contribution in [2.24, 2.45) is 11.3 Å². The minimum Gasteiger partial charge on any atom is -0.465 e. The lowest BCUT2D eigenvalue weighted by atomic mass is 9.72. The van der Waals surface area contributed by atoms with E-state index < -0.39 is 23.3 Å². The molecule has 0 saturated heterocycles. The number of hydrogen-bond donors (Lipinski definition) is 0. The maximum absolute atomic E-state index is 12.0. The van der Waals surface area contributed by atoms with Crippen LogP contribution < -0.4 is 0 Å². The summed E-state index contributed by atoms with van der Waals surface area (Å²) in [6, 6.07) is 0. The van der Waals surface area contributed by atoms with Gasteiger partial charge in [-0.2, -0.15) is 0 Å². The van der Waals surface area contributed by atoms with E-state index in [9.17, 15) is 14.4 Å². The first kappa shape index (κ1) is 17.4. The van der Waals surface area contributed by atoms with Gasteiger partial charge < -0.3 is 9.47 Å². The Morgan fingerprint density at radius 3 is 2.00 bits per heavy atom. The SMILES string of the molecule is C=C(C(=O)OCC)C(C)C(C)(C(C)=O)C(=O)OCC. The van der Waals surface area contributed by atoms with Crippen LogP contribution in [0.5, 0.6) is 0 Å². The second kappa shape index (κ2) is 7.07. The van der Waals surface area contributed by atoms with Crippen LogP contribution in [-0.2, 0) is 23.9 Å². The fourth-order valence-electron chi connectivity index (χ4n) is 1.66. The molecule has 0 fully saturated rings. The largest absolute Gasteiger partial charge is 0.465 e. The third-order valence-electron chi connectivity index (χ3n) is 3.36. The lowest BCUT2D eigenvalue weighted by Crippen LogP contribution is -2.44. The summed E-state index contributed by atoms with van der Waals surface area (Å²) in [6.07, 6.45) is 0. The minimum absolute atomic E-state index is 0.0904. The van der Waals surface area contributed by atoms with E-state index in [0.29, 0.717) is 0 Å². The van der Waals surface area contributed by atoms with Gasteiger partial charge in [0.05, 0.1) is 13.2 Å². The zero-order chi connectivity index (χ0) is 15.2. The first-order valence-corrected chi connectivity index (χ1v) is 6.27. The Kier molecular flexibility index (Phi) is 6.45. The third kappa shape index (κ3) is 3.66. The van der Waals surface area contributed by atoms with Gasteiger partial charge in [0.25, 0.3) is 0 Å². The smallest absolute Gasteiger partial charge is 0.333 e. The molecule has 5 nitrogen and oxygen atoms in total. The van der Waals surface area contributed by atoms with E-state index in [0.717, 1.165) is 0 Å². The highest BCUT2D eigenvalue weighted by molar-refractivity contribution is 6.04. The maximum atomic E-state index is 12.0. The Bertz CT molecular complexity index is 385. The van der Waals surface area contributed by atoms with Gasteiger partial charge >= 0.3 is 11.9 Å². The molecule has 0 aliphatic carbocycles. The van der Waals surface area contributed by atoms with Crippen LogP contribution in [0.4, 0.5) is 0 Å². The fourth-order valence-corrected chi connectivity index (χ4v) is 1.66. The molecule has 0 heterocycles. The van der Waals surface area contributed by atoms with Gasteiger partial charge in [0.2, 0.25) is 0 Å². The molecule has 0 radical (unpaired) electrons. The lowest BCUT2D eigenvalue weighted by Gasteiger charge is -2.31. The number of rotatable bonds is 7. The highest BCUT2D eigenvalue weighted by Gasteiger charge is 2.47. The molecule has 0 rings (SSSR count). The molecule has 0 spiro atoms. The van der Waals surface area contributed by atoms with Crippen molar-refractivity contribution in [3.8, 4) is 0 Å². The van der Waals surface area contributed by atoms with Crippen molar-refractivity contribution in [1.29, 1.82) is 0 Å². The number of esters is 2. The monoisotopic (exact) mass is 270 g/mol. The molecule has 0 bridgehead atoms. The highest BCUT2D eigenvalue weighted by atomic mass is 16.5. The lowest BCUT2D eigenvalue weighted by molar-refractivity contribution is -0.161. The van der Waals surface area contributed by atoms with Gasteiger partial charge in [0.15, 0.2) is 0 Å². The molecular weight excluding hydrogens is 248 g/mol.